The summed E-state index contributed by atoms with van der Waals surface area (Å²) in [6, 6.07) is 1.95. The summed E-state index contributed by atoms with van der Waals surface area (Å²) in [5.41, 5.74) is 0. The molecule has 0 radical (unpaired) electrons. The molecule has 0 aliphatic carbocycles. The quantitative estimate of drug-likeness (QED) is 0.637. The number of ether oxygens (including phenoxy) is 1. The smallest absolute Gasteiger partial charge is 0.261 e. The van der Waals surface area contributed by atoms with Crippen LogP contribution in [0.15, 0.2) is 11.2 Å². The van der Waals surface area contributed by atoms with Gasteiger partial charge in [0.25, 0.3) is 5.91 Å². The van der Waals surface area contributed by atoms with E-state index in [1.807, 2.05) is 12.3 Å². The summed E-state index contributed by atoms with van der Waals surface area (Å²) in [5, 5.41) is 4.76. The van der Waals surface area contributed by atoms with Crippen molar-refractivity contribution in [3.05, 3.63) is 10.9 Å². The van der Waals surface area contributed by atoms with Gasteiger partial charge in [-0.25, -0.2) is 9.97 Å². The lowest BCUT2D eigenvalue weighted by molar-refractivity contribution is 0.0861. The Balaban J connectivity index is 1.59. The van der Waals surface area contributed by atoms with E-state index in [9.17, 15) is 4.79 Å². The molecule has 8 heteroatoms. The Hall–Kier alpha value is -1.38. The molecule has 0 unspecified atom stereocenters. The van der Waals surface area contributed by atoms with E-state index >= 15 is 0 Å². The zero-order valence-electron chi connectivity index (χ0n) is 14.3. The van der Waals surface area contributed by atoms with E-state index in [0.29, 0.717) is 11.4 Å². The molecule has 2 aromatic rings. The summed E-state index contributed by atoms with van der Waals surface area (Å²) < 4.78 is 5.57. The lowest BCUT2D eigenvalue weighted by atomic mass is 10.2. The molecule has 1 atom stereocenters. The molecule has 0 saturated carbocycles. The average Bonchev–Trinajstić information content (AvgIpc) is 3.39. The number of nitrogens with one attached hydrogen (secondary N) is 1. The highest BCUT2D eigenvalue weighted by Gasteiger charge is 2.22. The first-order valence-corrected chi connectivity index (χ1v) is 10.8. The number of nitrogens with zero attached hydrogens (tertiary/aromatic N) is 3. The van der Waals surface area contributed by atoms with Crippen LogP contribution in [0.3, 0.4) is 0 Å². The van der Waals surface area contributed by atoms with Crippen molar-refractivity contribution in [3.8, 4) is 0 Å². The maximum absolute atomic E-state index is 12.5. The Kier molecular flexibility index (Phi) is 5.10. The van der Waals surface area contributed by atoms with Crippen molar-refractivity contribution < 1.29 is 9.53 Å². The Bertz CT molecular complexity index is 767. The van der Waals surface area contributed by atoms with Gasteiger partial charge in [-0.15, -0.1) is 11.3 Å². The van der Waals surface area contributed by atoms with Crippen molar-refractivity contribution in [2.24, 2.45) is 0 Å². The number of thioether (sulfide) groups is 1. The minimum Gasteiger partial charge on any atom is -0.376 e. The van der Waals surface area contributed by atoms with E-state index in [2.05, 4.69) is 15.2 Å². The number of carbonyl (C=O) groups excluding carboxylic acids is 1. The molecule has 2 aliphatic rings. The van der Waals surface area contributed by atoms with E-state index in [4.69, 9.17) is 9.72 Å². The van der Waals surface area contributed by atoms with Crippen LogP contribution in [0.4, 0.5) is 5.82 Å². The van der Waals surface area contributed by atoms with Crippen LogP contribution in [0.25, 0.3) is 10.2 Å². The second-order valence-electron chi connectivity index (χ2n) is 6.40. The van der Waals surface area contributed by atoms with Crippen molar-refractivity contribution in [3.63, 3.8) is 0 Å². The maximum atomic E-state index is 12.5. The molecule has 4 rings (SSSR count). The van der Waals surface area contributed by atoms with Gasteiger partial charge in [-0.3, -0.25) is 4.79 Å². The third-order valence-electron chi connectivity index (χ3n) is 4.68. The van der Waals surface area contributed by atoms with Gasteiger partial charge in [0.2, 0.25) is 0 Å². The van der Waals surface area contributed by atoms with E-state index in [-0.39, 0.29) is 12.0 Å². The second-order valence-corrected chi connectivity index (χ2v) is 8.21. The molecule has 2 aliphatic heterocycles. The fraction of sp³-hybridized carbons (Fsp3) is 0.588. The number of aromatic nitrogens is 2. The summed E-state index contributed by atoms with van der Waals surface area (Å²) in [6.07, 6.45) is 6.63. The standard InChI is InChI=1S/C17H22N4O2S2/c1-24-17-19-14(21-6-2-3-7-21)12-9-13(25-16(12)20-17)15(22)18-10-11-5-4-8-23-11/h9,11H,2-8,10H2,1H3,(H,18,22)/t11-/m1/s1. The molecule has 25 heavy (non-hydrogen) atoms. The highest BCUT2D eigenvalue weighted by Crippen LogP contribution is 2.34. The molecule has 0 aromatic carbocycles. The topological polar surface area (TPSA) is 67.4 Å². The Labute approximate surface area is 155 Å². The van der Waals surface area contributed by atoms with Crippen molar-refractivity contribution in [2.45, 2.75) is 36.9 Å². The monoisotopic (exact) mass is 378 g/mol. The summed E-state index contributed by atoms with van der Waals surface area (Å²) in [7, 11) is 0. The van der Waals surface area contributed by atoms with Crippen molar-refractivity contribution in [1.82, 2.24) is 15.3 Å². The van der Waals surface area contributed by atoms with Gasteiger partial charge in [0.15, 0.2) is 5.16 Å². The maximum Gasteiger partial charge on any atom is 0.261 e. The number of thiophene rings is 1. The molecule has 2 aromatic heterocycles. The summed E-state index contributed by atoms with van der Waals surface area (Å²) in [6.45, 7) is 3.43. The van der Waals surface area contributed by atoms with E-state index in [0.717, 1.165) is 53.7 Å². The van der Waals surface area contributed by atoms with E-state index in [1.54, 1.807) is 11.8 Å². The van der Waals surface area contributed by atoms with Crippen LogP contribution in [-0.4, -0.2) is 54.5 Å². The lowest BCUT2D eigenvalue weighted by Gasteiger charge is -2.17. The predicted molar refractivity (Wildman–Crippen MR) is 102 cm³/mol. The van der Waals surface area contributed by atoms with Crippen LogP contribution in [0.5, 0.6) is 0 Å². The molecule has 6 nitrogen and oxygen atoms in total. The average molecular weight is 379 g/mol. The van der Waals surface area contributed by atoms with Gasteiger partial charge in [0, 0.05) is 26.2 Å². The van der Waals surface area contributed by atoms with Crippen LogP contribution in [0.1, 0.15) is 35.4 Å². The van der Waals surface area contributed by atoms with Crippen molar-refractivity contribution >= 4 is 45.0 Å². The summed E-state index contributed by atoms with van der Waals surface area (Å²) >= 11 is 2.99. The van der Waals surface area contributed by atoms with Gasteiger partial charge >= 0.3 is 0 Å². The molecule has 2 saturated heterocycles. The number of amides is 1. The zero-order valence-corrected chi connectivity index (χ0v) is 15.9. The minimum atomic E-state index is -0.0448. The highest BCUT2D eigenvalue weighted by atomic mass is 32.2. The van der Waals surface area contributed by atoms with Gasteiger partial charge in [0.1, 0.15) is 10.6 Å². The van der Waals surface area contributed by atoms with Gasteiger partial charge in [0.05, 0.1) is 16.4 Å². The molecular weight excluding hydrogens is 356 g/mol. The first-order chi connectivity index (χ1) is 12.2. The number of rotatable bonds is 5. The normalized spacial score (nSPS) is 20.5. The fourth-order valence-corrected chi connectivity index (χ4v) is 4.72. The van der Waals surface area contributed by atoms with Gasteiger partial charge < -0.3 is 15.0 Å². The Morgan fingerprint density at radius 1 is 1.40 bits per heavy atom. The molecule has 134 valence electrons. The van der Waals surface area contributed by atoms with E-state index in [1.165, 1.54) is 24.2 Å². The SMILES string of the molecule is CSc1nc(N2CCCC2)c2cc(C(=O)NC[C@H]3CCCO3)sc2n1. The number of hydrogen-bond donors (Lipinski definition) is 1. The first-order valence-electron chi connectivity index (χ1n) is 8.75. The van der Waals surface area contributed by atoms with Crippen molar-refractivity contribution in [1.29, 1.82) is 0 Å². The van der Waals surface area contributed by atoms with Crippen LogP contribution in [-0.2, 0) is 4.74 Å². The molecule has 0 spiro atoms. The molecule has 0 bridgehead atoms. The number of carbonyl (C=O) groups is 1. The van der Waals surface area contributed by atoms with Crippen LogP contribution in [0.2, 0.25) is 0 Å². The minimum absolute atomic E-state index is 0.0448. The highest BCUT2D eigenvalue weighted by molar-refractivity contribution is 7.98. The van der Waals surface area contributed by atoms with E-state index < -0.39 is 0 Å². The zero-order chi connectivity index (χ0) is 17.2. The number of anilines is 1. The molecule has 2 fully saturated rings. The Morgan fingerprint density at radius 2 is 2.24 bits per heavy atom. The third kappa shape index (κ3) is 3.61. The van der Waals surface area contributed by atoms with Gasteiger partial charge in [-0.2, -0.15) is 0 Å². The lowest BCUT2D eigenvalue weighted by Crippen LogP contribution is -2.31. The largest absolute Gasteiger partial charge is 0.376 e. The number of hydrogen-bond acceptors (Lipinski definition) is 7. The van der Waals surface area contributed by atoms with Gasteiger partial charge in [-0.05, 0) is 38.0 Å². The van der Waals surface area contributed by atoms with Crippen LogP contribution >= 0.6 is 23.1 Å². The van der Waals surface area contributed by atoms with Crippen LogP contribution in [0, 0.1) is 0 Å². The molecular formula is C17H22N4O2S2. The van der Waals surface area contributed by atoms with Crippen LogP contribution < -0.4 is 10.2 Å². The predicted octanol–water partition coefficient (Wildman–Crippen LogP) is 2.92. The second kappa shape index (κ2) is 7.47. The molecule has 1 N–H and O–H groups in total. The molecule has 4 heterocycles. The van der Waals surface area contributed by atoms with Crippen molar-refractivity contribution in [2.75, 3.05) is 37.4 Å². The fourth-order valence-electron chi connectivity index (χ4n) is 3.36. The summed E-state index contributed by atoms with van der Waals surface area (Å²) in [5.74, 6) is 0.929. The Morgan fingerprint density at radius 3 is 2.96 bits per heavy atom. The molecule has 1 amide bonds. The van der Waals surface area contributed by atoms with Gasteiger partial charge in [-0.1, -0.05) is 11.8 Å². The summed E-state index contributed by atoms with van der Waals surface area (Å²) in [4.78, 5) is 25.8. The number of fused-ring (bicyclic) bond motifs is 1. The third-order valence-corrected chi connectivity index (χ3v) is 6.25. The first kappa shape index (κ1) is 17.1.